The number of nitrogens with zero attached hydrogens (tertiary/aromatic N) is 3. The molecule has 0 aliphatic carbocycles. The van der Waals surface area contributed by atoms with Crippen molar-refractivity contribution in [2.45, 2.75) is 0 Å². The molecule has 0 bridgehead atoms. The molecule has 0 aromatic heterocycles. The van der Waals surface area contributed by atoms with Crippen LogP contribution in [-0.4, -0.2) is 48.5 Å². The van der Waals surface area contributed by atoms with Gasteiger partial charge in [0.25, 0.3) is 5.91 Å². The monoisotopic (exact) mass is 184 g/mol. The van der Waals surface area contributed by atoms with Gasteiger partial charge in [-0.25, -0.2) is 10.5 Å². The van der Waals surface area contributed by atoms with E-state index in [2.05, 4.69) is 21.4 Å². The predicted molar refractivity (Wildman–Crippen MR) is 46.1 cm³/mol. The fourth-order valence-electron chi connectivity index (χ4n) is 1.29. The second-order valence-electron chi connectivity index (χ2n) is 2.85. The van der Waals surface area contributed by atoms with Crippen molar-refractivity contribution in [2.24, 2.45) is 5.10 Å². The molecular formula is C6H12N6O. The summed E-state index contributed by atoms with van der Waals surface area (Å²) in [4.78, 5) is 10.9. The Hall–Kier alpha value is -1.18. The third-order valence-corrected chi connectivity index (χ3v) is 1.93. The fraction of sp³-hybridized carbons (Fsp3) is 0.667. The lowest BCUT2D eigenvalue weighted by Crippen LogP contribution is -2.64. The Morgan fingerprint density at radius 1 is 1.38 bits per heavy atom. The van der Waals surface area contributed by atoms with Gasteiger partial charge in [-0.1, -0.05) is 0 Å². The van der Waals surface area contributed by atoms with Crippen LogP contribution in [-0.2, 0) is 4.79 Å². The van der Waals surface area contributed by atoms with E-state index in [-0.39, 0.29) is 5.91 Å². The molecule has 0 aromatic carbocycles. The quantitative estimate of drug-likeness (QED) is 0.425. The second kappa shape index (κ2) is 3.69. The van der Waals surface area contributed by atoms with E-state index in [1.807, 2.05) is 5.01 Å². The summed E-state index contributed by atoms with van der Waals surface area (Å²) in [7, 11) is 0. The molecule has 7 heteroatoms. The smallest absolute Gasteiger partial charge is 0.281 e. The van der Waals surface area contributed by atoms with Gasteiger partial charge in [0, 0.05) is 26.2 Å². The number of hydrogen-bond donors (Lipinski definition) is 3. The lowest BCUT2D eigenvalue weighted by atomic mass is 10.4. The highest BCUT2D eigenvalue weighted by atomic mass is 16.2. The second-order valence-corrected chi connectivity index (χ2v) is 2.85. The molecule has 72 valence electrons. The van der Waals surface area contributed by atoms with Crippen LogP contribution in [0.3, 0.4) is 0 Å². The summed E-state index contributed by atoms with van der Waals surface area (Å²) in [6, 6.07) is 0. The number of hydrazone groups is 1. The van der Waals surface area contributed by atoms with Crippen molar-refractivity contribution in [1.82, 2.24) is 26.5 Å². The highest BCUT2D eigenvalue weighted by molar-refractivity contribution is 6.26. The maximum absolute atomic E-state index is 10.9. The van der Waals surface area contributed by atoms with Crippen molar-refractivity contribution in [3.63, 3.8) is 0 Å². The summed E-state index contributed by atoms with van der Waals surface area (Å²) < 4.78 is 0. The predicted octanol–water partition coefficient (Wildman–Crippen LogP) is -2.36. The molecule has 7 nitrogen and oxygen atoms in total. The minimum absolute atomic E-state index is 0.211. The van der Waals surface area contributed by atoms with E-state index in [1.54, 1.807) is 0 Å². The van der Waals surface area contributed by atoms with E-state index in [1.165, 1.54) is 11.4 Å². The maximum atomic E-state index is 10.9. The van der Waals surface area contributed by atoms with Crippen LogP contribution in [0.1, 0.15) is 0 Å². The van der Waals surface area contributed by atoms with Crippen molar-refractivity contribution < 1.29 is 4.79 Å². The molecule has 1 fully saturated rings. The summed E-state index contributed by atoms with van der Waals surface area (Å²) in [5.74, 6) is -0.211. The molecular weight excluding hydrogens is 172 g/mol. The SMILES string of the molecule is O=C1C=NNN(N2CCNCC2)N1. The van der Waals surface area contributed by atoms with Crippen LogP contribution in [0.2, 0.25) is 0 Å². The zero-order valence-corrected chi connectivity index (χ0v) is 7.16. The highest BCUT2D eigenvalue weighted by Gasteiger charge is 2.20. The van der Waals surface area contributed by atoms with Gasteiger partial charge < -0.3 is 5.32 Å². The first kappa shape index (κ1) is 8.42. The zero-order chi connectivity index (χ0) is 9.10. The van der Waals surface area contributed by atoms with Gasteiger partial charge in [0.1, 0.15) is 6.21 Å². The average molecular weight is 184 g/mol. The highest BCUT2D eigenvalue weighted by Crippen LogP contribution is 1.95. The van der Waals surface area contributed by atoms with Crippen LogP contribution >= 0.6 is 0 Å². The van der Waals surface area contributed by atoms with Crippen molar-refractivity contribution in [2.75, 3.05) is 26.2 Å². The number of rotatable bonds is 1. The lowest BCUT2D eigenvalue weighted by Gasteiger charge is -2.36. The standard InChI is InChI=1S/C6H12N6O/c13-6-5-8-10-12(9-6)11-3-1-7-2-4-11/h5,7,10H,1-4H2,(H,9,13). The molecule has 1 saturated heterocycles. The summed E-state index contributed by atoms with van der Waals surface area (Å²) in [6.07, 6.45) is 1.21. The van der Waals surface area contributed by atoms with Crippen molar-refractivity contribution in [3.05, 3.63) is 0 Å². The minimum atomic E-state index is -0.211. The van der Waals surface area contributed by atoms with Crippen LogP contribution in [0, 0.1) is 0 Å². The topological polar surface area (TPSA) is 72.0 Å². The number of carbonyl (C=O) groups excluding carboxylic acids is 1. The molecule has 2 aliphatic heterocycles. The lowest BCUT2D eigenvalue weighted by molar-refractivity contribution is -0.149. The first-order chi connectivity index (χ1) is 6.36. The number of hydrazine groups is 3. The number of carbonyl (C=O) groups is 1. The minimum Gasteiger partial charge on any atom is -0.314 e. The molecule has 0 spiro atoms. The Morgan fingerprint density at radius 3 is 2.85 bits per heavy atom. The fourth-order valence-corrected chi connectivity index (χ4v) is 1.29. The largest absolute Gasteiger partial charge is 0.314 e. The van der Waals surface area contributed by atoms with Crippen LogP contribution < -0.4 is 16.3 Å². The molecule has 0 saturated carbocycles. The molecule has 0 atom stereocenters. The van der Waals surface area contributed by atoms with Gasteiger partial charge in [-0.3, -0.25) is 10.2 Å². The van der Waals surface area contributed by atoms with Gasteiger partial charge in [0.2, 0.25) is 0 Å². The van der Waals surface area contributed by atoms with E-state index in [9.17, 15) is 4.79 Å². The van der Waals surface area contributed by atoms with E-state index >= 15 is 0 Å². The van der Waals surface area contributed by atoms with Gasteiger partial charge in [-0.15, -0.1) is 0 Å². The molecule has 0 unspecified atom stereocenters. The molecule has 2 heterocycles. The number of amides is 1. The Balaban J connectivity index is 1.92. The summed E-state index contributed by atoms with van der Waals surface area (Å²) >= 11 is 0. The van der Waals surface area contributed by atoms with E-state index < -0.39 is 0 Å². The maximum Gasteiger partial charge on any atom is 0.281 e. The first-order valence-electron chi connectivity index (χ1n) is 4.21. The third kappa shape index (κ3) is 1.94. The van der Waals surface area contributed by atoms with Crippen molar-refractivity contribution in [1.29, 1.82) is 0 Å². The Bertz CT molecular complexity index is 223. The molecule has 2 rings (SSSR count). The van der Waals surface area contributed by atoms with Gasteiger partial charge in [-0.2, -0.15) is 5.10 Å². The van der Waals surface area contributed by atoms with E-state index in [0.29, 0.717) is 0 Å². The molecule has 2 aliphatic rings. The van der Waals surface area contributed by atoms with Crippen molar-refractivity contribution >= 4 is 12.1 Å². The van der Waals surface area contributed by atoms with Gasteiger partial charge in [0.05, 0.1) is 0 Å². The molecule has 1 amide bonds. The van der Waals surface area contributed by atoms with E-state index in [4.69, 9.17) is 0 Å². The molecule has 3 N–H and O–H groups in total. The summed E-state index contributed by atoms with van der Waals surface area (Å²) in [6.45, 7) is 3.53. The third-order valence-electron chi connectivity index (χ3n) is 1.93. The number of nitrogens with one attached hydrogen (secondary N) is 3. The average Bonchev–Trinajstić information content (AvgIpc) is 2.19. The van der Waals surface area contributed by atoms with Gasteiger partial charge in [0.15, 0.2) is 0 Å². The Morgan fingerprint density at radius 2 is 2.15 bits per heavy atom. The van der Waals surface area contributed by atoms with Crippen LogP contribution in [0.4, 0.5) is 0 Å². The molecule has 13 heavy (non-hydrogen) atoms. The number of hydrogen-bond acceptors (Lipinski definition) is 6. The van der Waals surface area contributed by atoms with Crippen LogP contribution in [0.5, 0.6) is 0 Å². The summed E-state index contributed by atoms with van der Waals surface area (Å²) in [5, 5.41) is 10.4. The van der Waals surface area contributed by atoms with Crippen LogP contribution in [0.15, 0.2) is 5.10 Å². The van der Waals surface area contributed by atoms with Gasteiger partial charge >= 0.3 is 0 Å². The molecule has 0 aromatic rings. The Kier molecular flexibility index (Phi) is 2.39. The normalized spacial score (nSPS) is 25.4. The van der Waals surface area contributed by atoms with E-state index in [0.717, 1.165) is 26.2 Å². The number of piperazine rings is 1. The summed E-state index contributed by atoms with van der Waals surface area (Å²) in [5.41, 5.74) is 5.31. The zero-order valence-electron chi connectivity index (χ0n) is 7.16. The molecule has 0 radical (unpaired) electrons. The Labute approximate surface area is 75.7 Å². The van der Waals surface area contributed by atoms with Crippen LogP contribution in [0.25, 0.3) is 0 Å². The van der Waals surface area contributed by atoms with Crippen molar-refractivity contribution in [3.8, 4) is 0 Å². The van der Waals surface area contributed by atoms with Gasteiger partial charge in [-0.05, 0) is 5.23 Å². The first-order valence-corrected chi connectivity index (χ1v) is 4.21.